The molecule has 2 N–H and O–H groups in total. The summed E-state index contributed by atoms with van der Waals surface area (Å²) in [4.78, 5) is 2.53. The van der Waals surface area contributed by atoms with Gasteiger partial charge in [0, 0.05) is 12.6 Å². The molecule has 112 valence electrons. The van der Waals surface area contributed by atoms with E-state index in [2.05, 4.69) is 43.0 Å². The average molecular weight is 276 g/mol. The van der Waals surface area contributed by atoms with Crippen LogP contribution in [0.5, 0.6) is 5.75 Å². The molecule has 1 saturated heterocycles. The molecule has 0 radical (unpaired) electrons. The molecule has 1 aromatic carbocycles. The van der Waals surface area contributed by atoms with Gasteiger partial charge in [-0.25, -0.2) is 0 Å². The van der Waals surface area contributed by atoms with Crippen LogP contribution in [0.3, 0.4) is 0 Å². The molecule has 0 amide bonds. The monoisotopic (exact) mass is 276 g/mol. The maximum atomic E-state index is 6.02. The second-order valence-electron chi connectivity index (χ2n) is 5.89. The van der Waals surface area contributed by atoms with E-state index in [-0.39, 0.29) is 0 Å². The zero-order valence-corrected chi connectivity index (χ0v) is 12.8. The Labute approximate surface area is 123 Å². The molecule has 0 bridgehead atoms. The van der Waals surface area contributed by atoms with E-state index in [0.29, 0.717) is 12.6 Å². The van der Waals surface area contributed by atoms with Crippen LogP contribution in [-0.4, -0.2) is 31.1 Å². The summed E-state index contributed by atoms with van der Waals surface area (Å²) in [6.45, 7) is 8.26. The number of nitrogens with zero attached hydrogens (tertiary/aromatic N) is 1. The summed E-state index contributed by atoms with van der Waals surface area (Å²) in [5, 5.41) is 0. The first-order valence-corrected chi connectivity index (χ1v) is 7.91. The van der Waals surface area contributed by atoms with Gasteiger partial charge in [-0.3, -0.25) is 4.90 Å². The van der Waals surface area contributed by atoms with Crippen LogP contribution < -0.4 is 10.5 Å². The number of ether oxygens (including phenoxy) is 1. The fourth-order valence-electron chi connectivity index (χ4n) is 2.84. The maximum Gasteiger partial charge on any atom is 0.119 e. The Bertz CT molecular complexity index is 382. The largest absolute Gasteiger partial charge is 0.494 e. The molecule has 2 rings (SSSR count). The number of benzene rings is 1. The normalized spacial score (nSPS) is 18.9. The van der Waals surface area contributed by atoms with Crippen LogP contribution in [0.2, 0.25) is 0 Å². The van der Waals surface area contributed by atoms with Gasteiger partial charge in [0.2, 0.25) is 0 Å². The molecule has 20 heavy (non-hydrogen) atoms. The van der Waals surface area contributed by atoms with Gasteiger partial charge in [-0.05, 0) is 56.0 Å². The third-order valence-corrected chi connectivity index (χ3v) is 4.22. The molecular formula is C17H28N2O. The molecule has 1 aliphatic heterocycles. The van der Waals surface area contributed by atoms with E-state index in [1.807, 2.05) is 0 Å². The predicted octanol–water partition coefficient (Wildman–Crippen LogP) is 3.21. The van der Waals surface area contributed by atoms with E-state index >= 15 is 0 Å². The third kappa shape index (κ3) is 3.97. The average Bonchev–Trinajstić information content (AvgIpc) is 2.49. The van der Waals surface area contributed by atoms with Crippen molar-refractivity contribution >= 4 is 0 Å². The smallest absolute Gasteiger partial charge is 0.119 e. The highest BCUT2D eigenvalue weighted by Crippen LogP contribution is 2.27. The van der Waals surface area contributed by atoms with E-state index in [1.54, 1.807) is 0 Å². The molecule has 0 aromatic heterocycles. The van der Waals surface area contributed by atoms with Crippen molar-refractivity contribution in [1.29, 1.82) is 0 Å². The van der Waals surface area contributed by atoms with Crippen LogP contribution in [0.15, 0.2) is 24.3 Å². The second kappa shape index (κ2) is 7.65. The first-order valence-electron chi connectivity index (χ1n) is 7.91. The molecule has 0 aliphatic carbocycles. The highest BCUT2D eigenvalue weighted by atomic mass is 16.5. The first-order chi connectivity index (χ1) is 9.74. The van der Waals surface area contributed by atoms with E-state index < -0.39 is 0 Å². The minimum atomic E-state index is 0.350. The molecule has 3 nitrogen and oxygen atoms in total. The minimum Gasteiger partial charge on any atom is -0.494 e. The van der Waals surface area contributed by atoms with Crippen LogP contribution in [0, 0.1) is 5.92 Å². The van der Waals surface area contributed by atoms with Gasteiger partial charge in [0.25, 0.3) is 0 Å². The van der Waals surface area contributed by atoms with Gasteiger partial charge in [-0.15, -0.1) is 0 Å². The van der Waals surface area contributed by atoms with Crippen LogP contribution in [-0.2, 0) is 0 Å². The lowest BCUT2D eigenvalue weighted by Gasteiger charge is -2.36. The fraction of sp³-hybridized carbons (Fsp3) is 0.647. The van der Waals surface area contributed by atoms with Crippen molar-refractivity contribution in [1.82, 2.24) is 4.90 Å². The predicted molar refractivity (Wildman–Crippen MR) is 84.0 cm³/mol. The quantitative estimate of drug-likeness (QED) is 0.867. The lowest BCUT2D eigenvalue weighted by Crippen LogP contribution is -2.39. The van der Waals surface area contributed by atoms with Crippen molar-refractivity contribution in [2.45, 2.75) is 39.2 Å². The Morgan fingerprint density at radius 1 is 1.25 bits per heavy atom. The SMILES string of the molecule is CCCOc1ccc(C(CN)N2CCC(C)CC2)cc1. The second-order valence-corrected chi connectivity index (χ2v) is 5.89. The van der Waals surface area contributed by atoms with Gasteiger partial charge in [0.1, 0.15) is 5.75 Å². The van der Waals surface area contributed by atoms with Gasteiger partial charge in [-0.2, -0.15) is 0 Å². The van der Waals surface area contributed by atoms with E-state index in [9.17, 15) is 0 Å². The van der Waals surface area contributed by atoms with Crippen molar-refractivity contribution in [3.8, 4) is 5.75 Å². The first kappa shape index (κ1) is 15.3. The zero-order valence-electron chi connectivity index (χ0n) is 12.8. The summed E-state index contributed by atoms with van der Waals surface area (Å²) in [5.74, 6) is 1.81. The highest BCUT2D eigenvalue weighted by molar-refractivity contribution is 5.29. The third-order valence-electron chi connectivity index (χ3n) is 4.22. The Morgan fingerprint density at radius 3 is 2.45 bits per heavy atom. The summed E-state index contributed by atoms with van der Waals surface area (Å²) in [7, 11) is 0. The number of nitrogens with two attached hydrogens (primary N) is 1. The molecule has 1 fully saturated rings. The van der Waals surface area contributed by atoms with E-state index in [0.717, 1.165) is 37.8 Å². The zero-order chi connectivity index (χ0) is 14.4. The number of rotatable bonds is 6. The van der Waals surface area contributed by atoms with Crippen LogP contribution in [0.1, 0.15) is 44.7 Å². The van der Waals surface area contributed by atoms with Gasteiger partial charge in [-0.1, -0.05) is 26.0 Å². The summed E-state index contributed by atoms with van der Waals surface area (Å²) >= 11 is 0. The Balaban J connectivity index is 2.00. The molecule has 1 aromatic rings. The standard InChI is InChI=1S/C17H28N2O/c1-3-12-20-16-6-4-15(5-7-16)17(13-18)19-10-8-14(2)9-11-19/h4-7,14,17H,3,8-13,18H2,1-2H3. The number of likely N-dealkylation sites (tertiary alicyclic amines) is 1. The molecule has 3 heteroatoms. The van der Waals surface area contributed by atoms with Crippen LogP contribution in [0.25, 0.3) is 0 Å². The maximum absolute atomic E-state index is 6.02. The van der Waals surface area contributed by atoms with Crippen molar-refractivity contribution in [3.05, 3.63) is 29.8 Å². The van der Waals surface area contributed by atoms with Gasteiger partial charge < -0.3 is 10.5 Å². The molecule has 1 unspecified atom stereocenters. The molecular weight excluding hydrogens is 248 g/mol. The van der Waals surface area contributed by atoms with Gasteiger partial charge >= 0.3 is 0 Å². The lowest BCUT2D eigenvalue weighted by atomic mass is 9.96. The molecule has 0 saturated carbocycles. The molecule has 0 spiro atoms. The van der Waals surface area contributed by atoms with Crippen LogP contribution in [0.4, 0.5) is 0 Å². The number of piperidine rings is 1. The summed E-state index contributed by atoms with van der Waals surface area (Å²) in [6.07, 6.45) is 3.61. The van der Waals surface area contributed by atoms with Crippen LogP contribution >= 0.6 is 0 Å². The summed E-state index contributed by atoms with van der Waals surface area (Å²) in [6, 6.07) is 8.82. The Kier molecular flexibility index (Phi) is 5.86. The molecule has 1 heterocycles. The topological polar surface area (TPSA) is 38.5 Å². The number of hydrogen-bond donors (Lipinski definition) is 1. The van der Waals surface area contributed by atoms with E-state index in [1.165, 1.54) is 18.4 Å². The van der Waals surface area contributed by atoms with Crippen molar-refractivity contribution in [2.75, 3.05) is 26.2 Å². The van der Waals surface area contributed by atoms with Crippen molar-refractivity contribution in [2.24, 2.45) is 11.7 Å². The molecule has 1 aliphatic rings. The summed E-state index contributed by atoms with van der Waals surface area (Å²) < 4.78 is 5.64. The minimum absolute atomic E-state index is 0.350. The van der Waals surface area contributed by atoms with Crippen molar-refractivity contribution < 1.29 is 4.74 Å². The molecule has 1 atom stereocenters. The Hall–Kier alpha value is -1.06. The highest BCUT2D eigenvalue weighted by Gasteiger charge is 2.23. The van der Waals surface area contributed by atoms with Crippen molar-refractivity contribution in [3.63, 3.8) is 0 Å². The lowest BCUT2D eigenvalue weighted by molar-refractivity contribution is 0.141. The fourth-order valence-corrected chi connectivity index (χ4v) is 2.84. The van der Waals surface area contributed by atoms with Gasteiger partial charge in [0.15, 0.2) is 0 Å². The summed E-state index contributed by atoms with van der Waals surface area (Å²) in [5.41, 5.74) is 7.33. The van der Waals surface area contributed by atoms with Gasteiger partial charge in [0.05, 0.1) is 6.61 Å². The number of hydrogen-bond acceptors (Lipinski definition) is 3. The Morgan fingerprint density at radius 2 is 1.90 bits per heavy atom. The van der Waals surface area contributed by atoms with E-state index in [4.69, 9.17) is 10.5 Å².